The quantitative estimate of drug-likeness (QED) is 0.205. The Hall–Kier alpha value is -3.47. The highest BCUT2D eigenvalue weighted by Crippen LogP contribution is 2.33. The molecule has 12 heteroatoms. The number of carbonyl (C=O) groups excluding carboxylic acids is 2. The lowest BCUT2D eigenvalue weighted by Crippen LogP contribution is -2.52. The van der Waals surface area contributed by atoms with Gasteiger partial charge in [-0.3, -0.25) is 13.9 Å². The third-order valence-corrected chi connectivity index (χ3v) is 9.35. The molecule has 0 aromatic heterocycles. The van der Waals surface area contributed by atoms with Crippen LogP contribution in [0.15, 0.2) is 71.6 Å². The van der Waals surface area contributed by atoms with E-state index < -0.39 is 28.5 Å². The fraction of sp³-hybridized carbons (Fsp3) is 0.355. The van der Waals surface area contributed by atoms with E-state index >= 15 is 0 Å². The van der Waals surface area contributed by atoms with Crippen LogP contribution in [0, 0.1) is 0 Å². The minimum absolute atomic E-state index is 0.00221. The molecule has 1 atom stereocenters. The first-order valence-electron chi connectivity index (χ1n) is 13.9. The zero-order valence-electron chi connectivity index (χ0n) is 24.7. The Morgan fingerprint density at radius 1 is 0.930 bits per heavy atom. The number of carbonyl (C=O) groups is 2. The molecular formula is C31H37Cl2N3O6S. The normalized spacial score (nSPS) is 11.9. The van der Waals surface area contributed by atoms with Crippen molar-refractivity contribution in [1.29, 1.82) is 0 Å². The number of unbranched alkanes of at least 4 members (excludes halogenated alkanes) is 1. The lowest BCUT2D eigenvalue weighted by atomic mass is 10.1. The molecule has 3 aromatic rings. The topological polar surface area (TPSA) is 105 Å². The smallest absolute Gasteiger partial charge is 0.264 e. The molecular weight excluding hydrogens is 613 g/mol. The molecule has 0 saturated heterocycles. The second-order valence-corrected chi connectivity index (χ2v) is 12.4. The van der Waals surface area contributed by atoms with E-state index in [1.165, 1.54) is 43.4 Å². The number of sulfonamides is 1. The maximum absolute atomic E-state index is 14.2. The molecule has 0 fully saturated rings. The Kier molecular flexibility index (Phi) is 12.5. The Morgan fingerprint density at radius 2 is 1.63 bits per heavy atom. The maximum atomic E-state index is 14.2. The average molecular weight is 651 g/mol. The molecule has 0 saturated carbocycles. The molecule has 9 nitrogen and oxygen atoms in total. The van der Waals surface area contributed by atoms with Gasteiger partial charge in [0.2, 0.25) is 11.8 Å². The van der Waals surface area contributed by atoms with Gasteiger partial charge in [-0.05, 0) is 66.9 Å². The lowest BCUT2D eigenvalue weighted by molar-refractivity contribution is -0.140. The molecule has 43 heavy (non-hydrogen) atoms. The van der Waals surface area contributed by atoms with E-state index in [0.29, 0.717) is 34.3 Å². The minimum Gasteiger partial charge on any atom is -0.497 e. The third kappa shape index (κ3) is 8.55. The molecule has 1 N–H and O–H groups in total. The Morgan fingerprint density at radius 3 is 2.23 bits per heavy atom. The molecule has 0 bridgehead atoms. The molecule has 1 unspecified atom stereocenters. The van der Waals surface area contributed by atoms with Gasteiger partial charge in [-0.15, -0.1) is 0 Å². The van der Waals surface area contributed by atoms with Crippen LogP contribution in [0.4, 0.5) is 5.69 Å². The molecule has 232 valence electrons. The highest BCUT2D eigenvalue weighted by atomic mass is 35.5. The fourth-order valence-electron chi connectivity index (χ4n) is 4.48. The number of methoxy groups -OCH3 is 2. The van der Waals surface area contributed by atoms with Crippen molar-refractivity contribution in [2.24, 2.45) is 0 Å². The van der Waals surface area contributed by atoms with Gasteiger partial charge >= 0.3 is 0 Å². The molecule has 0 aliphatic carbocycles. The summed E-state index contributed by atoms with van der Waals surface area (Å²) < 4.78 is 39.8. The van der Waals surface area contributed by atoms with Crippen LogP contribution in [0.1, 0.15) is 38.7 Å². The predicted molar refractivity (Wildman–Crippen MR) is 170 cm³/mol. The number of amides is 2. The van der Waals surface area contributed by atoms with Crippen molar-refractivity contribution < 1.29 is 27.5 Å². The highest BCUT2D eigenvalue weighted by Gasteiger charge is 2.34. The summed E-state index contributed by atoms with van der Waals surface area (Å²) in [6.07, 6.45) is 1.97. The van der Waals surface area contributed by atoms with E-state index in [1.54, 1.807) is 49.4 Å². The summed E-state index contributed by atoms with van der Waals surface area (Å²) in [4.78, 5) is 28.9. The van der Waals surface area contributed by atoms with Gasteiger partial charge in [0, 0.05) is 13.1 Å². The molecule has 2 amide bonds. The zero-order chi connectivity index (χ0) is 31.6. The van der Waals surface area contributed by atoms with Crippen molar-refractivity contribution >= 4 is 50.7 Å². The largest absolute Gasteiger partial charge is 0.497 e. The molecule has 3 aromatic carbocycles. The minimum atomic E-state index is -4.28. The van der Waals surface area contributed by atoms with Gasteiger partial charge in [0.1, 0.15) is 24.1 Å². The van der Waals surface area contributed by atoms with Gasteiger partial charge < -0.3 is 19.7 Å². The predicted octanol–water partition coefficient (Wildman–Crippen LogP) is 5.93. The van der Waals surface area contributed by atoms with Crippen molar-refractivity contribution in [1.82, 2.24) is 10.2 Å². The summed E-state index contributed by atoms with van der Waals surface area (Å²) in [5.41, 5.74) is 0.800. The van der Waals surface area contributed by atoms with Crippen LogP contribution >= 0.6 is 23.2 Å². The number of nitrogens with zero attached hydrogens (tertiary/aromatic N) is 2. The Bertz CT molecular complexity index is 1500. The first-order valence-corrected chi connectivity index (χ1v) is 16.1. The Labute approximate surface area is 263 Å². The van der Waals surface area contributed by atoms with E-state index in [0.717, 1.165) is 17.1 Å². The standard InChI is InChI=1S/C31H37Cl2N3O6S/c1-5-7-18-34-31(38)27(6-2)35(20-22-12-17-25(32)26(33)19-22)30(37)21-36(28-10-8-9-11-29(28)42-4)43(39,40)24-15-13-23(41-3)14-16-24/h8-17,19,27H,5-7,18,20-21H2,1-4H3,(H,34,38). The molecule has 3 rings (SSSR count). The number of para-hydroxylation sites is 2. The number of anilines is 1. The first-order chi connectivity index (χ1) is 20.6. The number of halogens is 2. The van der Waals surface area contributed by atoms with Gasteiger partial charge in [-0.2, -0.15) is 0 Å². The van der Waals surface area contributed by atoms with Crippen molar-refractivity contribution in [2.45, 2.75) is 50.6 Å². The van der Waals surface area contributed by atoms with Gasteiger partial charge in [-0.25, -0.2) is 8.42 Å². The van der Waals surface area contributed by atoms with E-state index in [9.17, 15) is 18.0 Å². The molecule has 0 aliphatic rings. The van der Waals surface area contributed by atoms with Gasteiger partial charge in [0.15, 0.2) is 0 Å². The number of rotatable bonds is 15. The van der Waals surface area contributed by atoms with Crippen molar-refractivity contribution in [3.05, 3.63) is 82.3 Å². The van der Waals surface area contributed by atoms with Gasteiger partial charge in [-0.1, -0.05) is 61.7 Å². The van der Waals surface area contributed by atoms with Crippen LogP contribution in [-0.2, 0) is 26.2 Å². The SMILES string of the molecule is CCCCNC(=O)C(CC)N(Cc1ccc(Cl)c(Cl)c1)C(=O)CN(c1ccccc1OC)S(=O)(=O)c1ccc(OC)cc1. The summed E-state index contributed by atoms with van der Waals surface area (Å²) >= 11 is 12.4. The summed E-state index contributed by atoms with van der Waals surface area (Å²) in [6.45, 7) is 3.66. The number of nitrogens with one attached hydrogen (secondary N) is 1. The summed E-state index contributed by atoms with van der Waals surface area (Å²) in [5.74, 6) is -0.183. The molecule has 0 aliphatic heterocycles. The van der Waals surface area contributed by atoms with Crippen LogP contribution in [0.25, 0.3) is 0 Å². The van der Waals surface area contributed by atoms with Crippen LogP contribution in [-0.4, -0.2) is 58.5 Å². The van der Waals surface area contributed by atoms with Crippen LogP contribution in [0.2, 0.25) is 10.0 Å². The van der Waals surface area contributed by atoms with Crippen molar-refractivity contribution in [2.75, 3.05) is 31.6 Å². The van der Waals surface area contributed by atoms with Crippen LogP contribution in [0.3, 0.4) is 0 Å². The fourth-order valence-corrected chi connectivity index (χ4v) is 6.23. The van der Waals surface area contributed by atoms with Crippen molar-refractivity contribution in [3.63, 3.8) is 0 Å². The number of ether oxygens (including phenoxy) is 2. The second kappa shape index (κ2) is 15.8. The summed E-state index contributed by atoms with van der Waals surface area (Å²) in [5, 5.41) is 3.55. The summed E-state index contributed by atoms with van der Waals surface area (Å²) in [6, 6.07) is 16.5. The average Bonchev–Trinajstić information content (AvgIpc) is 3.01. The maximum Gasteiger partial charge on any atom is 0.264 e. The van der Waals surface area contributed by atoms with E-state index in [2.05, 4.69) is 5.32 Å². The monoisotopic (exact) mass is 649 g/mol. The first kappa shape index (κ1) is 34.0. The third-order valence-electron chi connectivity index (χ3n) is 6.83. The van der Waals surface area contributed by atoms with Crippen LogP contribution in [0.5, 0.6) is 11.5 Å². The van der Waals surface area contributed by atoms with E-state index in [4.69, 9.17) is 32.7 Å². The van der Waals surface area contributed by atoms with Crippen molar-refractivity contribution in [3.8, 4) is 11.5 Å². The van der Waals surface area contributed by atoms with Gasteiger partial charge in [0.25, 0.3) is 10.0 Å². The zero-order valence-corrected chi connectivity index (χ0v) is 27.0. The number of hydrogen-bond donors (Lipinski definition) is 1. The van der Waals surface area contributed by atoms with Crippen LogP contribution < -0.4 is 19.1 Å². The lowest BCUT2D eigenvalue weighted by Gasteiger charge is -2.33. The molecule has 0 radical (unpaired) electrons. The van der Waals surface area contributed by atoms with E-state index in [-0.39, 0.29) is 28.8 Å². The molecule has 0 spiro atoms. The summed E-state index contributed by atoms with van der Waals surface area (Å²) in [7, 11) is -1.38. The van der Waals surface area contributed by atoms with E-state index in [1.807, 2.05) is 6.92 Å². The second-order valence-electron chi connectivity index (χ2n) is 9.70. The molecule has 0 heterocycles. The Balaban J connectivity index is 2.09. The van der Waals surface area contributed by atoms with Gasteiger partial charge in [0.05, 0.1) is 34.8 Å². The number of benzene rings is 3. The highest BCUT2D eigenvalue weighted by molar-refractivity contribution is 7.92. The number of hydrogen-bond acceptors (Lipinski definition) is 6.